The Hall–Kier alpha value is -3.41. The summed E-state index contributed by atoms with van der Waals surface area (Å²) in [6, 6.07) is 17.5. The van der Waals surface area contributed by atoms with E-state index in [1.54, 1.807) is 0 Å². The largest absolute Gasteiger partial charge is 0.352 e. The number of hydrogen-bond donors (Lipinski definition) is 3. The summed E-state index contributed by atoms with van der Waals surface area (Å²) in [5, 5.41) is 9.35. The van der Waals surface area contributed by atoms with Crippen LogP contribution >= 0.6 is 0 Å². The lowest BCUT2D eigenvalue weighted by molar-refractivity contribution is 0.0955. The van der Waals surface area contributed by atoms with Crippen LogP contribution in [-0.4, -0.2) is 29.0 Å². The Kier molecular flexibility index (Phi) is 6.22. The third kappa shape index (κ3) is 5.54. The van der Waals surface area contributed by atoms with E-state index in [0.29, 0.717) is 24.6 Å². The minimum Gasteiger partial charge on any atom is -0.352 e. The summed E-state index contributed by atoms with van der Waals surface area (Å²) in [5.74, 6) is 1.17. The molecule has 1 amide bonds. The Bertz CT molecular complexity index is 953. The lowest BCUT2D eigenvalue weighted by Gasteiger charge is -2.11. The molecule has 1 heterocycles. The number of carbonyl (C=O) groups is 1. The van der Waals surface area contributed by atoms with E-state index in [1.807, 2.05) is 68.4 Å². The van der Waals surface area contributed by atoms with Gasteiger partial charge in [0.2, 0.25) is 5.95 Å². The molecule has 28 heavy (non-hydrogen) atoms. The molecule has 0 spiro atoms. The highest BCUT2D eigenvalue weighted by Crippen LogP contribution is 2.17. The highest BCUT2D eigenvalue weighted by atomic mass is 16.1. The average Bonchev–Trinajstić information content (AvgIpc) is 2.66. The van der Waals surface area contributed by atoms with Gasteiger partial charge in [-0.25, -0.2) is 4.98 Å². The summed E-state index contributed by atoms with van der Waals surface area (Å²) in [6.45, 7) is 6.95. The second-order valence-electron chi connectivity index (χ2n) is 6.76. The van der Waals surface area contributed by atoms with E-state index in [2.05, 4.69) is 32.8 Å². The van der Waals surface area contributed by atoms with Crippen molar-refractivity contribution in [3.05, 3.63) is 77.0 Å². The summed E-state index contributed by atoms with van der Waals surface area (Å²) in [6.07, 6.45) is 0. The summed E-state index contributed by atoms with van der Waals surface area (Å²) >= 11 is 0. The minimum atomic E-state index is -0.0858. The van der Waals surface area contributed by atoms with E-state index in [1.165, 1.54) is 5.56 Å². The van der Waals surface area contributed by atoms with Gasteiger partial charge in [-0.3, -0.25) is 4.79 Å². The van der Waals surface area contributed by atoms with Crippen molar-refractivity contribution in [1.29, 1.82) is 0 Å². The minimum absolute atomic E-state index is 0.0858. The Balaban J connectivity index is 1.53. The molecule has 144 valence electrons. The molecule has 0 unspecified atom stereocenters. The maximum Gasteiger partial charge on any atom is 0.251 e. The van der Waals surface area contributed by atoms with Gasteiger partial charge in [0.1, 0.15) is 5.82 Å². The lowest BCUT2D eigenvalue weighted by Crippen LogP contribution is -2.29. The van der Waals surface area contributed by atoms with Crippen LogP contribution in [-0.2, 0) is 0 Å². The van der Waals surface area contributed by atoms with E-state index < -0.39 is 0 Å². The van der Waals surface area contributed by atoms with Crippen molar-refractivity contribution in [2.75, 3.05) is 23.7 Å². The number of amides is 1. The molecule has 0 aliphatic rings. The standard InChI is InChI=1S/C22H25N5O/c1-15-7-9-19(10-8-15)26-20-14-17(3)25-22(27-20)24-12-11-23-21(28)18-6-4-5-16(2)13-18/h4-10,13-14H,11-12H2,1-3H3,(H,23,28)(H2,24,25,26,27). The first-order valence-electron chi connectivity index (χ1n) is 9.28. The van der Waals surface area contributed by atoms with Crippen molar-refractivity contribution < 1.29 is 4.79 Å². The lowest BCUT2D eigenvalue weighted by atomic mass is 10.1. The Morgan fingerprint density at radius 2 is 1.68 bits per heavy atom. The zero-order valence-corrected chi connectivity index (χ0v) is 16.4. The SMILES string of the molecule is Cc1ccc(Nc2cc(C)nc(NCCNC(=O)c3cccc(C)c3)n2)cc1. The smallest absolute Gasteiger partial charge is 0.251 e. The number of aryl methyl sites for hydroxylation is 3. The Morgan fingerprint density at radius 3 is 2.43 bits per heavy atom. The molecule has 1 aromatic heterocycles. The van der Waals surface area contributed by atoms with Crippen LogP contribution in [0.15, 0.2) is 54.6 Å². The fraction of sp³-hybridized carbons (Fsp3) is 0.227. The maximum absolute atomic E-state index is 12.2. The number of nitrogens with one attached hydrogen (secondary N) is 3. The third-order valence-electron chi connectivity index (χ3n) is 4.15. The van der Waals surface area contributed by atoms with Crippen molar-refractivity contribution in [2.45, 2.75) is 20.8 Å². The van der Waals surface area contributed by atoms with E-state index in [-0.39, 0.29) is 5.91 Å². The number of carbonyl (C=O) groups excluding carboxylic acids is 1. The molecular weight excluding hydrogens is 350 g/mol. The van der Waals surface area contributed by atoms with E-state index in [9.17, 15) is 4.79 Å². The first-order valence-corrected chi connectivity index (χ1v) is 9.28. The highest BCUT2D eigenvalue weighted by Gasteiger charge is 2.06. The fourth-order valence-electron chi connectivity index (χ4n) is 2.74. The molecule has 0 radical (unpaired) electrons. The van der Waals surface area contributed by atoms with Gasteiger partial charge in [0.25, 0.3) is 5.91 Å². The maximum atomic E-state index is 12.2. The van der Waals surface area contributed by atoms with Crippen molar-refractivity contribution in [1.82, 2.24) is 15.3 Å². The monoisotopic (exact) mass is 375 g/mol. The average molecular weight is 375 g/mol. The molecule has 3 N–H and O–H groups in total. The van der Waals surface area contributed by atoms with Crippen molar-refractivity contribution >= 4 is 23.4 Å². The van der Waals surface area contributed by atoms with Crippen molar-refractivity contribution in [3.63, 3.8) is 0 Å². The van der Waals surface area contributed by atoms with Gasteiger partial charge in [-0.15, -0.1) is 0 Å². The van der Waals surface area contributed by atoms with Crippen LogP contribution in [0, 0.1) is 20.8 Å². The molecule has 6 heteroatoms. The van der Waals surface area contributed by atoms with Crippen LogP contribution in [0.25, 0.3) is 0 Å². The second-order valence-corrected chi connectivity index (χ2v) is 6.76. The molecule has 0 saturated carbocycles. The number of anilines is 3. The van der Waals surface area contributed by atoms with Gasteiger partial charge in [-0.1, -0.05) is 35.4 Å². The molecular formula is C22H25N5O. The molecule has 0 atom stereocenters. The van der Waals surface area contributed by atoms with Gasteiger partial charge in [-0.05, 0) is 45.0 Å². The van der Waals surface area contributed by atoms with E-state index in [4.69, 9.17) is 0 Å². The van der Waals surface area contributed by atoms with Crippen LogP contribution in [0.3, 0.4) is 0 Å². The quantitative estimate of drug-likeness (QED) is 0.544. The van der Waals surface area contributed by atoms with E-state index in [0.717, 1.165) is 22.8 Å². The molecule has 0 aliphatic heterocycles. The molecule has 0 saturated heterocycles. The van der Waals surface area contributed by atoms with Crippen LogP contribution in [0.2, 0.25) is 0 Å². The molecule has 0 bridgehead atoms. The van der Waals surface area contributed by atoms with Gasteiger partial charge in [0.15, 0.2) is 0 Å². The summed E-state index contributed by atoms with van der Waals surface area (Å²) in [5.41, 5.74) is 4.76. The number of aromatic nitrogens is 2. The topological polar surface area (TPSA) is 78.9 Å². The summed E-state index contributed by atoms with van der Waals surface area (Å²) in [4.78, 5) is 21.1. The van der Waals surface area contributed by atoms with Gasteiger partial charge in [0.05, 0.1) is 0 Å². The normalized spacial score (nSPS) is 10.4. The van der Waals surface area contributed by atoms with Crippen molar-refractivity contribution in [2.24, 2.45) is 0 Å². The molecule has 3 rings (SSSR count). The highest BCUT2D eigenvalue weighted by molar-refractivity contribution is 5.94. The summed E-state index contributed by atoms with van der Waals surface area (Å²) < 4.78 is 0. The fourth-order valence-corrected chi connectivity index (χ4v) is 2.74. The molecule has 6 nitrogen and oxygen atoms in total. The molecule has 0 aliphatic carbocycles. The van der Waals surface area contributed by atoms with Gasteiger partial charge in [-0.2, -0.15) is 4.98 Å². The molecule has 3 aromatic rings. The number of nitrogens with zero attached hydrogens (tertiary/aromatic N) is 2. The predicted molar refractivity (Wildman–Crippen MR) is 113 cm³/mol. The number of benzene rings is 2. The van der Waals surface area contributed by atoms with Gasteiger partial charge < -0.3 is 16.0 Å². The van der Waals surface area contributed by atoms with Crippen molar-refractivity contribution in [3.8, 4) is 0 Å². The summed E-state index contributed by atoms with van der Waals surface area (Å²) in [7, 11) is 0. The molecule has 2 aromatic carbocycles. The first kappa shape index (κ1) is 19.4. The number of hydrogen-bond acceptors (Lipinski definition) is 5. The molecule has 0 fully saturated rings. The zero-order chi connectivity index (χ0) is 19.9. The first-order chi connectivity index (χ1) is 13.5. The van der Waals surface area contributed by atoms with E-state index >= 15 is 0 Å². The van der Waals surface area contributed by atoms with Crippen LogP contribution in [0.1, 0.15) is 27.2 Å². The Morgan fingerprint density at radius 1 is 0.893 bits per heavy atom. The van der Waals surface area contributed by atoms with Crippen LogP contribution in [0.4, 0.5) is 17.5 Å². The zero-order valence-electron chi connectivity index (χ0n) is 16.4. The number of rotatable bonds is 7. The van der Waals surface area contributed by atoms with Crippen LogP contribution in [0.5, 0.6) is 0 Å². The third-order valence-corrected chi connectivity index (χ3v) is 4.15. The Labute approximate surface area is 165 Å². The predicted octanol–water partition coefficient (Wildman–Crippen LogP) is 3.99. The second kappa shape index (κ2) is 8.99. The van der Waals surface area contributed by atoms with Gasteiger partial charge in [0, 0.05) is 36.1 Å². The van der Waals surface area contributed by atoms with Gasteiger partial charge >= 0.3 is 0 Å². The van der Waals surface area contributed by atoms with Crippen LogP contribution < -0.4 is 16.0 Å².